The minimum absolute atomic E-state index is 0.143. The lowest BCUT2D eigenvalue weighted by Crippen LogP contribution is -2.23. The Morgan fingerprint density at radius 2 is 1.80 bits per heavy atom. The summed E-state index contributed by atoms with van der Waals surface area (Å²) in [6.07, 6.45) is 0.623. The minimum Gasteiger partial charge on any atom is -0.508 e. The molecule has 0 aromatic heterocycles. The molecule has 4 heteroatoms. The summed E-state index contributed by atoms with van der Waals surface area (Å²) in [5.74, 6) is 0.775. The second kappa shape index (κ2) is 4.63. The van der Waals surface area contributed by atoms with Gasteiger partial charge in [-0.05, 0) is 35.7 Å². The van der Waals surface area contributed by atoms with Crippen LogP contribution >= 0.6 is 0 Å². The van der Waals surface area contributed by atoms with E-state index in [1.807, 2.05) is 6.07 Å². The highest BCUT2D eigenvalue weighted by Crippen LogP contribution is 2.41. The zero-order chi connectivity index (χ0) is 14.3. The molecular formula is C16H16O4. The molecule has 20 heavy (non-hydrogen) atoms. The third kappa shape index (κ3) is 2.13. The van der Waals surface area contributed by atoms with E-state index in [1.54, 1.807) is 18.2 Å². The van der Waals surface area contributed by atoms with Crippen molar-refractivity contribution in [3.8, 4) is 23.0 Å². The summed E-state index contributed by atoms with van der Waals surface area (Å²) in [4.78, 5) is 0. The van der Waals surface area contributed by atoms with E-state index in [0.29, 0.717) is 5.75 Å². The molecule has 104 valence electrons. The number of rotatable bonds is 1. The maximum Gasteiger partial charge on any atom is 0.157 e. The predicted octanol–water partition coefficient (Wildman–Crippen LogP) is 3.12. The molecule has 0 saturated heterocycles. The van der Waals surface area contributed by atoms with Gasteiger partial charge in [-0.2, -0.15) is 0 Å². The zero-order valence-corrected chi connectivity index (χ0v) is 11.1. The Hall–Kier alpha value is -2.36. The maximum absolute atomic E-state index is 9.61. The molecule has 2 aromatic rings. The molecule has 0 saturated carbocycles. The van der Waals surface area contributed by atoms with Crippen LogP contribution in [0.4, 0.5) is 0 Å². The average molecular weight is 272 g/mol. The van der Waals surface area contributed by atoms with E-state index >= 15 is 0 Å². The summed E-state index contributed by atoms with van der Waals surface area (Å²) in [5, 5.41) is 28.5. The first-order chi connectivity index (χ1) is 9.54. The number of hydrogen-bond donors (Lipinski definition) is 3. The molecule has 3 N–H and O–H groups in total. The lowest BCUT2D eigenvalue weighted by Gasteiger charge is -2.32. The highest BCUT2D eigenvalue weighted by Gasteiger charge is 2.28. The Kier molecular flexibility index (Phi) is 2.93. The molecule has 0 fully saturated rings. The Labute approximate surface area is 116 Å². The van der Waals surface area contributed by atoms with Crippen LogP contribution in [0.25, 0.3) is 0 Å². The van der Waals surface area contributed by atoms with E-state index < -0.39 is 0 Å². The molecule has 0 aliphatic carbocycles. The molecule has 1 heterocycles. The Morgan fingerprint density at radius 3 is 2.55 bits per heavy atom. The van der Waals surface area contributed by atoms with Gasteiger partial charge in [0.05, 0.1) is 0 Å². The number of aromatic hydroxyl groups is 3. The lowest BCUT2D eigenvalue weighted by atomic mass is 9.88. The molecular weight excluding hydrogens is 256 g/mol. The highest BCUT2D eigenvalue weighted by atomic mass is 16.5. The summed E-state index contributed by atoms with van der Waals surface area (Å²) in [5.41, 5.74) is 1.87. The number of hydrogen-bond acceptors (Lipinski definition) is 4. The van der Waals surface area contributed by atoms with E-state index in [4.69, 9.17) is 4.74 Å². The van der Waals surface area contributed by atoms with Crippen molar-refractivity contribution in [2.45, 2.75) is 19.4 Å². The van der Waals surface area contributed by atoms with E-state index in [1.165, 1.54) is 12.1 Å². The number of phenolic OH excluding ortho intramolecular Hbond substituents is 3. The van der Waals surface area contributed by atoms with Crippen LogP contribution in [0.3, 0.4) is 0 Å². The second-order valence-electron chi connectivity index (χ2n) is 5.26. The van der Waals surface area contributed by atoms with Crippen LogP contribution in [0.5, 0.6) is 23.0 Å². The normalized spacial score (nSPS) is 21.1. The standard InChI is InChI=1S/C16H16O4/c1-9-6-10-2-4-12(17)8-15(10)20-16(9)11-3-5-13(18)14(19)7-11/h2-5,7-9,16-19H,6H2,1H3/t9-,16-/m0/s1. The molecule has 0 spiro atoms. The summed E-state index contributed by atoms with van der Waals surface area (Å²) >= 11 is 0. The Balaban J connectivity index is 1.97. The molecule has 4 nitrogen and oxygen atoms in total. The quantitative estimate of drug-likeness (QED) is 0.698. The molecule has 0 amide bonds. The van der Waals surface area contributed by atoms with Crippen LogP contribution < -0.4 is 4.74 Å². The van der Waals surface area contributed by atoms with Crippen molar-refractivity contribution in [2.24, 2.45) is 5.92 Å². The van der Waals surface area contributed by atoms with Gasteiger partial charge >= 0.3 is 0 Å². The molecule has 1 aliphatic rings. The van der Waals surface area contributed by atoms with Crippen molar-refractivity contribution in [1.82, 2.24) is 0 Å². The Morgan fingerprint density at radius 1 is 1.00 bits per heavy atom. The Bertz CT molecular complexity index is 651. The van der Waals surface area contributed by atoms with Gasteiger partial charge < -0.3 is 20.1 Å². The SMILES string of the molecule is C[C@H]1Cc2ccc(O)cc2O[C@@H]1c1ccc(O)c(O)c1. The van der Waals surface area contributed by atoms with E-state index in [9.17, 15) is 15.3 Å². The van der Waals surface area contributed by atoms with Crippen molar-refractivity contribution in [3.63, 3.8) is 0 Å². The number of phenols is 3. The van der Waals surface area contributed by atoms with Crippen LogP contribution in [0.1, 0.15) is 24.2 Å². The van der Waals surface area contributed by atoms with Gasteiger partial charge in [0.1, 0.15) is 17.6 Å². The largest absolute Gasteiger partial charge is 0.508 e. The van der Waals surface area contributed by atoms with E-state index in [-0.39, 0.29) is 29.3 Å². The average Bonchev–Trinajstić information content (AvgIpc) is 2.42. The third-order valence-corrected chi connectivity index (χ3v) is 3.69. The van der Waals surface area contributed by atoms with Crippen molar-refractivity contribution >= 4 is 0 Å². The molecule has 2 atom stereocenters. The predicted molar refractivity (Wildman–Crippen MR) is 74.1 cm³/mol. The molecule has 0 bridgehead atoms. The first-order valence-electron chi connectivity index (χ1n) is 6.55. The zero-order valence-electron chi connectivity index (χ0n) is 11.1. The van der Waals surface area contributed by atoms with Crippen LogP contribution in [0, 0.1) is 5.92 Å². The van der Waals surface area contributed by atoms with E-state index in [2.05, 4.69) is 6.92 Å². The van der Waals surface area contributed by atoms with Crippen LogP contribution in [0.15, 0.2) is 36.4 Å². The summed E-state index contributed by atoms with van der Waals surface area (Å²) in [6, 6.07) is 9.84. The summed E-state index contributed by atoms with van der Waals surface area (Å²) < 4.78 is 5.95. The van der Waals surface area contributed by atoms with Crippen LogP contribution in [0.2, 0.25) is 0 Å². The van der Waals surface area contributed by atoms with Gasteiger partial charge in [0, 0.05) is 12.0 Å². The molecule has 2 aromatic carbocycles. The number of ether oxygens (including phenoxy) is 1. The maximum atomic E-state index is 9.61. The van der Waals surface area contributed by atoms with Crippen molar-refractivity contribution in [1.29, 1.82) is 0 Å². The van der Waals surface area contributed by atoms with Crippen LogP contribution in [-0.4, -0.2) is 15.3 Å². The minimum atomic E-state index is -0.212. The molecule has 0 radical (unpaired) electrons. The van der Waals surface area contributed by atoms with Gasteiger partial charge in [-0.3, -0.25) is 0 Å². The van der Waals surface area contributed by atoms with Gasteiger partial charge in [-0.1, -0.05) is 19.1 Å². The van der Waals surface area contributed by atoms with E-state index in [0.717, 1.165) is 17.5 Å². The fourth-order valence-electron chi connectivity index (χ4n) is 2.64. The third-order valence-electron chi connectivity index (χ3n) is 3.69. The first-order valence-corrected chi connectivity index (χ1v) is 6.55. The van der Waals surface area contributed by atoms with Crippen molar-refractivity contribution < 1.29 is 20.1 Å². The highest BCUT2D eigenvalue weighted by molar-refractivity contribution is 5.45. The van der Waals surface area contributed by atoms with Gasteiger partial charge in [0.25, 0.3) is 0 Å². The fourth-order valence-corrected chi connectivity index (χ4v) is 2.64. The van der Waals surface area contributed by atoms with Gasteiger partial charge in [-0.25, -0.2) is 0 Å². The monoisotopic (exact) mass is 272 g/mol. The van der Waals surface area contributed by atoms with Gasteiger partial charge in [-0.15, -0.1) is 0 Å². The summed E-state index contributed by atoms with van der Waals surface area (Å²) in [6.45, 7) is 2.07. The van der Waals surface area contributed by atoms with Crippen LogP contribution in [-0.2, 0) is 6.42 Å². The summed E-state index contributed by atoms with van der Waals surface area (Å²) in [7, 11) is 0. The smallest absolute Gasteiger partial charge is 0.157 e. The number of fused-ring (bicyclic) bond motifs is 1. The molecule has 3 rings (SSSR count). The second-order valence-corrected chi connectivity index (χ2v) is 5.26. The number of benzene rings is 2. The fraction of sp³-hybridized carbons (Fsp3) is 0.250. The van der Waals surface area contributed by atoms with Gasteiger partial charge in [0.15, 0.2) is 11.5 Å². The van der Waals surface area contributed by atoms with Crippen molar-refractivity contribution in [3.05, 3.63) is 47.5 Å². The topological polar surface area (TPSA) is 69.9 Å². The van der Waals surface area contributed by atoms with Crippen molar-refractivity contribution in [2.75, 3.05) is 0 Å². The lowest BCUT2D eigenvalue weighted by molar-refractivity contribution is 0.122. The van der Waals surface area contributed by atoms with Gasteiger partial charge in [0.2, 0.25) is 0 Å². The molecule has 1 aliphatic heterocycles. The first kappa shape index (κ1) is 12.7. The molecule has 0 unspecified atom stereocenters.